The smallest absolute Gasteiger partial charge is 0.335 e. The number of carbonyl (C=O) groups excluding carboxylic acids is 1. The van der Waals surface area contributed by atoms with Gasteiger partial charge in [0.05, 0.1) is 24.0 Å². The Balaban J connectivity index is 1.99. The van der Waals surface area contributed by atoms with Crippen LogP contribution in [0, 0.1) is 6.92 Å². The van der Waals surface area contributed by atoms with Gasteiger partial charge in [0.2, 0.25) is 0 Å². The molecule has 0 aliphatic carbocycles. The van der Waals surface area contributed by atoms with Crippen LogP contribution in [0.25, 0.3) is 0 Å². The molecule has 2 N–H and O–H groups in total. The maximum Gasteiger partial charge on any atom is 0.335 e. The van der Waals surface area contributed by atoms with Gasteiger partial charge in [-0.15, -0.1) is 0 Å². The van der Waals surface area contributed by atoms with E-state index in [0.29, 0.717) is 22.6 Å². The Bertz CT molecular complexity index is 892. The first-order valence-electron chi connectivity index (χ1n) is 7.61. The molecule has 2 aromatic heterocycles. The van der Waals surface area contributed by atoms with Gasteiger partial charge in [-0.1, -0.05) is 6.07 Å². The van der Waals surface area contributed by atoms with Gasteiger partial charge >= 0.3 is 5.97 Å². The summed E-state index contributed by atoms with van der Waals surface area (Å²) in [5.74, 6) is -0.897. The van der Waals surface area contributed by atoms with Crippen molar-refractivity contribution in [1.29, 1.82) is 0 Å². The lowest BCUT2D eigenvalue weighted by Crippen LogP contribution is -2.31. The van der Waals surface area contributed by atoms with Gasteiger partial charge in [0.15, 0.2) is 0 Å². The van der Waals surface area contributed by atoms with E-state index in [9.17, 15) is 14.7 Å². The Morgan fingerprint density at radius 3 is 2.56 bits per heavy atom. The molecule has 0 bridgehead atoms. The van der Waals surface area contributed by atoms with Gasteiger partial charge in [0.1, 0.15) is 5.82 Å². The Kier molecular flexibility index (Phi) is 4.56. The summed E-state index contributed by atoms with van der Waals surface area (Å²) in [6.45, 7) is 1.99. The molecule has 7 heteroatoms. The van der Waals surface area contributed by atoms with Gasteiger partial charge < -0.3 is 5.11 Å². The fourth-order valence-electron chi connectivity index (χ4n) is 2.50. The molecule has 3 rings (SSSR count). The molecule has 0 spiro atoms. The van der Waals surface area contributed by atoms with E-state index in [-0.39, 0.29) is 18.0 Å². The second kappa shape index (κ2) is 6.96. The summed E-state index contributed by atoms with van der Waals surface area (Å²) in [4.78, 5) is 30.0. The molecule has 1 amide bonds. The summed E-state index contributed by atoms with van der Waals surface area (Å²) in [5, 5.41) is 15.9. The molecular formula is C18H16N4O3. The largest absolute Gasteiger partial charge is 0.478 e. The van der Waals surface area contributed by atoms with E-state index in [4.69, 9.17) is 0 Å². The van der Waals surface area contributed by atoms with E-state index >= 15 is 0 Å². The van der Waals surface area contributed by atoms with E-state index in [1.54, 1.807) is 37.5 Å². The molecule has 3 aromatic rings. The summed E-state index contributed by atoms with van der Waals surface area (Å²) in [6.07, 6.45) is 3.20. The molecule has 0 aliphatic rings. The maximum atomic E-state index is 13.0. The molecule has 0 atom stereocenters. The van der Waals surface area contributed by atoms with Gasteiger partial charge in [-0.2, -0.15) is 5.10 Å². The number of carboxylic acid groups (broad SMARTS) is 1. The molecule has 0 radical (unpaired) electrons. The van der Waals surface area contributed by atoms with Crippen LogP contribution in [0.3, 0.4) is 0 Å². The Morgan fingerprint density at radius 1 is 1.12 bits per heavy atom. The summed E-state index contributed by atoms with van der Waals surface area (Å²) in [7, 11) is 0. The first kappa shape index (κ1) is 16.4. The normalized spacial score (nSPS) is 10.4. The van der Waals surface area contributed by atoms with Gasteiger partial charge in [0, 0.05) is 17.8 Å². The number of carboxylic acids is 1. The SMILES string of the molecule is Cc1cc(C(=O)O)cc(C(=O)N(Cc2ccccn2)c2ccn[nH]2)c1. The van der Waals surface area contributed by atoms with Crippen molar-refractivity contribution in [2.45, 2.75) is 13.5 Å². The predicted molar refractivity (Wildman–Crippen MR) is 91.5 cm³/mol. The number of hydrogen-bond donors (Lipinski definition) is 2. The second-order valence-corrected chi connectivity index (χ2v) is 5.55. The fourth-order valence-corrected chi connectivity index (χ4v) is 2.50. The molecule has 25 heavy (non-hydrogen) atoms. The van der Waals surface area contributed by atoms with Crippen molar-refractivity contribution in [3.8, 4) is 0 Å². The van der Waals surface area contributed by atoms with Crippen LogP contribution in [0.4, 0.5) is 5.82 Å². The fraction of sp³-hybridized carbons (Fsp3) is 0.111. The number of nitrogens with zero attached hydrogens (tertiary/aromatic N) is 3. The molecular weight excluding hydrogens is 320 g/mol. The number of hydrogen-bond acceptors (Lipinski definition) is 4. The molecule has 7 nitrogen and oxygen atoms in total. The minimum absolute atomic E-state index is 0.0748. The number of aromatic amines is 1. The molecule has 1 aromatic carbocycles. The van der Waals surface area contributed by atoms with E-state index < -0.39 is 5.97 Å². The van der Waals surface area contributed by atoms with Gasteiger partial charge in [-0.3, -0.25) is 19.8 Å². The third kappa shape index (κ3) is 3.72. The highest BCUT2D eigenvalue weighted by Gasteiger charge is 2.21. The summed E-state index contributed by atoms with van der Waals surface area (Å²) in [5.41, 5.74) is 1.77. The highest BCUT2D eigenvalue weighted by molar-refractivity contribution is 6.06. The quantitative estimate of drug-likeness (QED) is 0.746. The predicted octanol–water partition coefficient (Wildman–Crippen LogP) is 2.66. The van der Waals surface area contributed by atoms with Crippen LogP contribution in [-0.4, -0.2) is 32.2 Å². The Morgan fingerprint density at radius 2 is 1.92 bits per heavy atom. The third-order valence-corrected chi connectivity index (χ3v) is 3.64. The topological polar surface area (TPSA) is 99.2 Å². The molecule has 0 saturated heterocycles. The highest BCUT2D eigenvalue weighted by atomic mass is 16.4. The number of aromatic nitrogens is 3. The summed E-state index contributed by atoms with van der Waals surface area (Å²) < 4.78 is 0. The molecule has 0 unspecified atom stereocenters. The number of nitrogens with one attached hydrogen (secondary N) is 1. The van der Waals surface area contributed by atoms with Crippen molar-refractivity contribution in [3.05, 3.63) is 77.2 Å². The van der Waals surface area contributed by atoms with Crippen LogP contribution < -0.4 is 4.90 Å². The van der Waals surface area contributed by atoms with Crippen LogP contribution in [0.5, 0.6) is 0 Å². The first-order valence-corrected chi connectivity index (χ1v) is 7.61. The van der Waals surface area contributed by atoms with Crippen molar-refractivity contribution < 1.29 is 14.7 Å². The number of anilines is 1. The van der Waals surface area contributed by atoms with E-state index in [2.05, 4.69) is 15.2 Å². The highest BCUT2D eigenvalue weighted by Crippen LogP contribution is 2.19. The number of H-pyrrole nitrogens is 1. The monoisotopic (exact) mass is 336 g/mol. The lowest BCUT2D eigenvalue weighted by atomic mass is 10.1. The minimum Gasteiger partial charge on any atom is -0.478 e. The second-order valence-electron chi connectivity index (χ2n) is 5.55. The average Bonchev–Trinajstić information content (AvgIpc) is 3.13. The van der Waals surface area contributed by atoms with Gasteiger partial charge in [-0.05, 0) is 42.8 Å². The lowest BCUT2D eigenvalue weighted by molar-refractivity contribution is 0.0696. The number of rotatable bonds is 5. The van der Waals surface area contributed by atoms with Crippen LogP contribution in [-0.2, 0) is 6.54 Å². The van der Waals surface area contributed by atoms with Crippen LogP contribution in [0.2, 0.25) is 0 Å². The zero-order chi connectivity index (χ0) is 17.8. The van der Waals surface area contributed by atoms with Crippen molar-refractivity contribution in [2.75, 3.05) is 4.90 Å². The Labute approximate surface area is 143 Å². The van der Waals surface area contributed by atoms with Crippen LogP contribution in [0.1, 0.15) is 32.0 Å². The summed E-state index contributed by atoms with van der Waals surface area (Å²) >= 11 is 0. The lowest BCUT2D eigenvalue weighted by Gasteiger charge is -2.21. The maximum absolute atomic E-state index is 13.0. The molecule has 126 valence electrons. The van der Waals surface area contributed by atoms with E-state index in [1.807, 2.05) is 12.1 Å². The number of carbonyl (C=O) groups is 2. The molecule has 2 heterocycles. The molecule has 0 saturated carbocycles. The van der Waals surface area contributed by atoms with E-state index in [1.165, 1.54) is 17.0 Å². The summed E-state index contributed by atoms with van der Waals surface area (Å²) in [6, 6.07) is 11.7. The molecule has 0 aliphatic heterocycles. The van der Waals surface area contributed by atoms with Crippen molar-refractivity contribution in [3.63, 3.8) is 0 Å². The first-order chi connectivity index (χ1) is 12.0. The number of aromatic carboxylic acids is 1. The average molecular weight is 336 g/mol. The number of benzene rings is 1. The molecule has 0 fully saturated rings. The zero-order valence-electron chi connectivity index (χ0n) is 13.5. The van der Waals surface area contributed by atoms with Crippen molar-refractivity contribution >= 4 is 17.7 Å². The number of amides is 1. The van der Waals surface area contributed by atoms with E-state index in [0.717, 1.165) is 0 Å². The van der Waals surface area contributed by atoms with Crippen molar-refractivity contribution in [1.82, 2.24) is 15.2 Å². The number of pyridine rings is 1. The van der Waals surface area contributed by atoms with Gasteiger partial charge in [-0.25, -0.2) is 4.79 Å². The Hall–Kier alpha value is -3.48. The van der Waals surface area contributed by atoms with Crippen LogP contribution >= 0.6 is 0 Å². The third-order valence-electron chi connectivity index (χ3n) is 3.64. The van der Waals surface area contributed by atoms with Crippen LogP contribution in [0.15, 0.2) is 54.9 Å². The standard InChI is InChI=1S/C18H16N4O3/c1-12-8-13(10-14(9-12)18(24)25)17(23)22(16-5-7-20-21-16)11-15-4-2-3-6-19-15/h2-10H,11H2,1H3,(H,20,21)(H,24,25). The zero-order valence-corrected chi connectivity index (χ0v) is 13.5. The number of aryl methyl sites for hydroxylation is 1. The van der Waals surface area contributed by atoms with Crippen molar-refractivity contribution in [2.24, 2.45) is 0 Å². The minimum atomic E-state index is -1.07. The van der Waals surface area contributed by atoms with Gasteiger partial charge in [0.25, 0.3) is 5.91 Å².